The van der Waals surface area contributed by atoms with Crippen LogP contribution in [-0.4, -0.2) is 31.6 Å². The summed E-state index contributed by atoms with van der Waals surface area (Å²) in [7, 11) is 0. The quantitative estimate of drug-likeness (QED) is 0.630. The van der Waals surface area contributed by atoms with Crippen LogP contribution in [0.4, 0.5) is 0 Å². The largest absolute Gasteiger partial charge is 0.293 e. The van der Waals surface area contributed by atoms with E-state index in [1.54, 1.807) is 17.2 Å². The molecule has 1 saturated heterocycles. The van der Waals surface area contributed by atoms with Gasteiger partial charge in [-0.15, -0.1) is 0 Å². The van der Waals surface area contributed by atoms with Crippen LogP contribution < -0.4 is 0 Å². The minimum atomic E-state index is -0.0579. The monoisotopic (exact) mass is 301 g/mol. The van der Waals surface area contributed by atoms with Crippen molar-refractivity contribution < 1.29 is 4.79 Å². The lowest BCUT2D eigenvalue weighted by Crippen LogP contribution is -2.27. The Morgan fingerprint density at radius 3 is 2.80 bits per heavy atom. The molecular formula is C14H11N3OS2. The zero-order valence-corrected chi connectivity index (χ0v) is 12.4. The smallest absolute Gasteiger partial charge is 0.266 e. The average Bonchev–Trinajstić information content (AvgIpc) is 2.73. The molecular weight excluding hydrogens is 290 g/mol. The van der Waals surface area contributed by atoms with Crippen LogP contribution in [0, 0.1) is 0 Å². The Hall–Kier alpha value is -1.79. The van der Waals surface area contributed by atoms with E-state index < -0.39 is 0 Å². The van der Waals surface area contributed by atoms with Crippen LogP contribution in [0.1, 0.15) is 12.6 Å². The molecule has 3 rings (SSSR count). The molecule has 2 heterocycles. The maximum Gasteiger partial charge on any atom is 0.266 e. The molecule has 0 aliphatic carbocycles. The molecule has 2 aromatic rings. The fourth-order valence-corrected chi connectivity index (χ4v) is 3.32. The maximum atomic E-state index is 12.1. The number of benzene rings is 1. The number of carbonyl (C=O) groups excluding carboxylic acids is 1. The molecule has 4 nitrogen and oxygen atoms in total. The zero-order chi connectivity index (χ0) is 14.1. The first kappa shape index (κ1) is 13.2. The first-order valence-electron chi connectivity index (χ1n) is 6.16. The second-order valence-corrected chi connectivity index (χ2v) is 5.89. The molecule has 0 unspecified atom stereocenters. The van der Waals surface area contributed by atoms with Crippen LogP contribution in [-0.2, 0) is 4.79 Å². The number of carbonyl (C=O) groups is 1. The van der Waals surface area contributed by atoms with Gasteiger partial charge in [0.05, 0.1) is 27.8 Å². The Morgan fingerprint density at radius 2 is 2.10 bits per heavy atom. The van der Waals surface area contributed by atoms with Crippen LogP contribution in [0.2, 0.25) is 0 Å². The second kappa shape index (κ2) is 5.30. The van der Waals surface area contributed by atoms with Gasteiger partial charge >= 0.3 is 0 Å². The number of fused-ring (bicyclic) bond motifs is 1. The van der Waals surface area contributed by atoms with Gasteiger partial charge in [-0.2, -0.15) is 0 Å². The molecule has 20 heavy (non-hydrogen) atoms. The van der Waals surface area contributed by atoms with Crippen molar-refractivity contribution in [3.8, 4) is 0 Å². The molecule has 1 aromatic carbocycles. The van der Waals surface area contributed by atoms with Gasteiger partial charge in [0.2, 0.25) is 0 Å². The number of amides is 1. The van der Waals surface area contributed by atoms with Gasteiger partial charge in [0, 0.05) is 6.54 Å². The highest BCUT2D eigenvalue weighted by Crippen LogP contribution is 2.31. The van der Waals surface area contributed by atoms with E-state index in [4.69, 9.17) is 12.2 Å². The summed E-state index contributed by atoms with van der Waals surface area (Å²) in [6.07, 6.45) is 3.41. The Labute approximate surface area is 125 Å². The lowest BCUT2D eigenvalue weighted by atomic mass is 10.3. The summed E-state index contributed by atoms with van der Waals surface area (Å²) in [5, 5.41) is 0. The van der Waals surface area contributed by atoms with E-state index >= 15 is 0 Å². The number of rotatable bonds is 2. The van der Waals surface area contributed by atoms with Gasteiger partial charge in [0.15, 0.2) is 0 Å². The van der Waals surface area contributed by atoms with Crippen LogP contribution >= 0.6 is 24.0 Å². The predicted molar refractivity (Wildman–Crippen MR) is 85.1 cm³/mol. The fraction of sp³-hybridized carbons (Fsp3) is 0.143. The number of thioether (sulfide) groups is 1. The number of likely N-dealkylation sites (N-methyl/N-ethyl adjacent to an activating group) is 1. The molecule has 1 aromatic heterocycles. The highest BCUT2D eigenvalue weighted by molar-refractivity contribution is 8.26. The van der Waals surface area contributed by atoms with E-state index in [0.29, 0.717) is 21.5 Å². The Kier molecular flexibility index (Phi) is 3.50. The molecule has 0 spiro atoms. The first-order chi connectivity index (χ1) is 9.69. The summed E-state index contributed by atoms with van der Waals surface area (Å²) in [6, 6.07) is 7.64. The number of hydrogen-bond donors (Lipinski definition) is 0. The van der Waals surface area contributed by atoms with Crippen molar-refractivity contribution in [1.29, 1.82) is 0 Å². The molecule has 0 saturated carbocycles. The zero-order valence-electron chi connectivity index (χ0n) is 10.7. The average molecular weight is 301 g/mol. The number of nitrogens with zero attached hydrogens (tertiary/aromatic N) is 3. The fourth-order valence-electron chi connectivity index (χ4n) is 1.95. The highest BCUT2D eigenvalue weighted by Gasteiger charge is 2.30. The molecule has 100 valence electrons. The third kappa shape index (κ3) is 2.32. The third-order valence-corrected chi connectivity index (χ3v) is 4.31. The predicted octanol–water partition coefficient (Wildman–Crippen LogP) is 2.85. The normalized spacial score (nSPS) is 17.4. The lowest BCUT2D eigenvalue weighted by Gasteiger charge is -2.09. The Morgan fingerprint density at radius 1 is 1.35 bits per heavy atom. The number of hydrogen-bond acceptors (Lipinski definition) is 5. The van der Waals surface area contributed by atoms with E-state index in [1.807, 2.05) is 31.2 Å². The van der Waals surface area contributed by atoms with Gasteiger partial charge < -0.3 is 0 Å². The molecule has 0 N–H and O–H groups in total. The van der Waals surface area contributed by atoms with Crippen LogP contribution in [0.15, 0.2) is 35.4 Å². The summed E-state index contributed by atoms with van der Waals surface area (Å²) >= 11 is 6.49. The van der Waals surface area contributed by atoms with Crippen molar-refractivity contribution in [2.24, 2.45) is 0 Å². The van der Waals surface area contributed by atoms with E-state index in [2.05, 4.69) is 9.97 Å². The van der Waals surface area contributed by atoms with E-state index in [9.17, 15) is 4.79 Å². The molecule has 0 atom stereocenters. The van der Waals surface area contributed by atoms with Crippen LogP contribution in [0.25, 0.3) is 17.1 Å². The van der Waals surface area contributed by atoms with Crippen LogP contribution in [0.3, 0.4) is 0 Å². The van der Waals surface area contributed by atoms with Gasteiger partial charge in [-0.05, 0) is 25.1 Å². The van der Waals surface area contributed by atoms with Crippen molar-refractivity contribution in [2.45, 2.75) is 6.92 Å². The van der Waals surface area contributed by atoms with Crippen molar-refractivity contribution >= 4 is 51.3 Å². The standard InChI is InChI=1S/C14H11N3OS2/c1-2-17-13(18)12(20-14(17)19)7-9-8-15-10-5-3-4-6-11(10)16-9/h3-8H,2H2,1H3/b12-7+. The van der Waals surface area contributed by atoms with Gasteiger partial charge in [-0.25, -0.2) is 4.98 Å². The van der Waals surface area contributed by atoms with Gasteiger partial charge in [0.1, 0.15) is 4.32 Å². The number of para-hydroxylation sites is 2. The molecule has 6 heteroatoms. The molecule has 0 radical (unpaired) electrons. The Bertz CT molecular complexity index is 742. The summed E-state index contributed by atoms with van der Waals surface area (Å²) in [4.78, 5) is 23.1. The molecule has 0 bridgehead atoms. The number of aromatic nitrogens is 2. The van der Waals surface area contributed by atoms with Crippen molar-refractivity contribution in [1.82, 2.24) is 14.9 Å². The van der Waals surface area contributed by atoms with E-state index in [0.717, 1.165) is 11.0 Å². The van der Waals surface area contributed by atoms with Gasteiger partial charge in [-0.1, -0.05) is 36.1 Å². The van der Waals surface area contributed by atoms with Gasteiger partial charge in [0.25, 0.3) is 5.91 Å². The second-order valence-electron chi connectivity index (χ2n) is 4.21. The SMILES string of the molecule is CCN1C(=O)/C(=C\c2cnc3ccccc3n2)SC1=S. The van der Waals surface area contributed by atoms with Crippen molar-refractivity contribution in [3.63, 3.8) is 0 Å². The lowest BCUT2D eigenvalue weighted by molar-refractivity contribution is -0.121. The minimum absolute atomic E-state index is 0.0579. The van der Waals surface area contributed by atoms with E-state index in [1.165, 1.54) is 11.8 Å². The molecule has 1 aliphatic rings. The molecule has 1 amide bonds. The third-order valence-electron chi connectivity index (χ3n) is 2.94. The van der Waals surface area contributed by atoms with Crippen LogP contribution in [0.5, 0.6) is 0 Å². The minimum Gasteiger partial charge on any atom is -0.293 e. The summed E-state index contributed by atoms with van der Waals surface area (Å²) in [5.41, 5.74) is 2.32. The van der Waals surface area contributed by atoms with Crippen molar-refractivity contribution in [3.05, 3.63) is 41.1 Å². The summed E-state index contributed by atoms with van der Waals surface area (Å²) in [5.74, 6) is -0.0579. The maximum absolute atomic E-state index is 12.1. The Balaban J connectivity index is 1.98. The summed E-state index contributed by atoms with van der Waals surface area (Å²) < 4.78 is 0.595. The topological polar surface area (TPSA) is 46.1 Å². The molecule has 1 fully saturated rings. The van der Waals surface area contributed by atoms with Crippen molar-refractivity contribution in [2.75, 3.05) is 6.54 Å². The summed E-state index contributed by atoms with van der Waals surface area (Å²) in [6.45, 7) is 2.49. The molecule has 1 aliphatic heterocycles. The van der Waals surface area contributed by atoms with E-state index in [-0.39, 0.29) is 5.91 Å². The van der Waals surface area contributed by atoms with Gasteiger partial charge in [-0.3, -0.25) is 14.7 Å². The highest BCUT2D eigenvalue weighted by atomic mass is 32.2. The first-order valence-corrected chi connectivity index (χ1v) is 7.38. The number of thiocarbonyl (C=S) groups is 1.